The molecule has 1 aromatic rings. The number of benzene rings is 1. The van der Waals surface area contributed by atoms with Crippen LogP contribution < -0.4 is 15.4 Å². The van der Waals surface area contributed by atoms with Crippen molar-refractivity contribution < 1.29 is 14.5 Å². The predicted molar refractivity (Wildman–Crippen MR) is 80.2 cm³/mol. The Bertz CT molecular complexity index is 715. The molecule has 118 valence electrons. The van der Waals surface area contributed by atoms with Crippen molar-refractivity contribution in [2.75, 3.05) is 19.0 Å². The number of carbonyl (C=O) groups excluding carboxylic acids is 1. The van der Waals surface area contributed by atoms with Gasteiger partial charge in [0.1, 0.15) is 17.4 Å². The number of nitrogens with one attached hydrogen (secondary N) is 2. The van der Waals surface area contributed by atoms with Gasteiger partial charge in [0, 0.05) is 18.8 Å². The number of nitro groups is 1. The normalized spacial score (nSPS) is 10.1. The number of ether oxygens (including phenoxy) is 1. The monoisotopic (exact) mass is 315 g/mol. The Morgan fingerprint density at radius 3 is 2.78 bits per heavy atom. The van der Waals surface area contributed by atoms with Gasteiger partial charge in [0.05, 0.1) is 36.3 Å². The molecule has 0 heterocycles. The summed E-state index contributed by atoms with van der Waals surface area (Å²) in [6, 6.07) is 7.31. The van der Waals surface area contributed by atoms with E-state index in [0.29, 0.717) is 6.54 Å². The van der Waals surface area contributed by atoms with E-state index in [4.69, 9.17) is 15.3 Å². The summed E-state index contributed by atoms with van der Waals surface area (Å²) in [6.07, 6.45) is 1.43. The van der Waals surface area contributed by atoms with Crippen molar-refractivity contribution in [3.8, 4) is 17.9 Å². The lowest BCUT2D eigenvalue weighted by atomic mass is 10.2. The van der Waals surface area contributed by atoms with E-state index in [1.54, 1.807) is 6.07 Å². The predicted octanol–water partition coefficient (Wildman–Crippen LogP) is 1.45. The van der Waals surface area contributed by atoms with Gasteiger partial charge in [-0.05, 0) is 6.07 Å². The largest absolute Gasteiger partial charge is 0.494 e. The number of nitro benzene ring substituents is 1. The molecule has 1 aromatic carbocycles. The Morgan fingerprint density at radius 1 is 1.48 bits per heavy atom. The van der Waals surface area contributed by atoms with Gasteiger partial charge in [-0.2, -0.15) is 10.5 Å². The zero-order valence-electron chi connectivity index (χ0n) is 12.2. The van der Waals surface area contributed by atoms with E-state index in [2.05, 4.69) is 10.6 Å². The van der Waals surface area contributed by atoms with Crippen molar-refractivity contribution in [3.05, 3.63) is 40.1 Å². The van der Waals surface area contributed by atoms with Gasteiger partial charge in [-0.1, -0.05) is 0 Å². The van der Waals surface area contributed by atoms with Crippen LogP contribution in [-0.4, -0.2) is 24.5 Å². The van der Waals surface area contributed by atoms with E-state index in [9.17, 15) is 14.9 Å². The van der Waals surface area contributed by atoms with Crippen LogP contribution in [0.3, 0.4) is 0 Å². The molecule has 0 fully saturated rings. The smallest absolute Gasteiger partial charge is 0.273 e. The summed E-state index contributed by atoms with van der Waals surface area (Å²) in [7, 11) is 1.30. The number of rotatable bonds is 7. The molecule has 0 aromatic heterocycles. The molecule has 0 saturated carbocycles. The molecule has 0 aliphatic heterocycles. The summed E-state index contributed by atoms with van der Waals surface area (Å²) in [5, 5.41) is 33.2. The minimum atomic E-state index is -0.705. The lowest BCUT2D eigenvalue weighted by Crippen LogP contribution is -2.17. The Balaban J connectivity index is 2.89. The Kier molecular flexibility index (Phi) is 6.56. The molecule has 0 saturated heterocycles. The van der Waals surface area contributed by atoms with Crippen LogP contribution in [0.5, 0.6) is 5.75 Å². The van der Waals surface area contributed by atoms with Crippen LogP contribution >= 0.6 is 0 Å². The lowest BCUT2D eigenvalue weighted by Gasteiger charge is -2.09. The Hall–Kier alpha value is -3.59. The van der Waals surface area contributed by atoms with Gasteiger partial charge in [0.25, 0.3) is 11.6 Å². The molecule has 0 unspecified atom stereocenters. The van der Waals surface area contributed by atoms with Crippen molar-refractivity contribution in [3.63, 3.8) is 0 Å². The second kappa shape index (κ2) is 8.64. The first-order valence-corrected chi connectivity index (χ1v) is 6.37. The van der Waals surface area contributed by atoms with Gasteiger partial charge >= 0.3 is 0 Å². The minimum Gasteiger partial charge on any atom is -0.494 e. The highest BCUT2D eigenvalue weighted by molar-refractivity contribution is 6.07. The SMILES string of the molecule is COc1cc([N+](=O)[O-])ccc1NC(=O)/C(C#N)=C\NCCC#N. The zero-order chi connectivity index (χ0) is 17.2. The summed E-state index contributed by atoms with van der Waals surface area (Å²) in [4.78, 5) is 22.1. The first-order chi connectivity index (χ1) is 11.0. The summed E-state index contributed by atoms with van der Waals surface area (Å²) in [6.45, 7) is 0.301. The van der Waals surface area contributed by atoms with Crippen LogP contribution in [0.1, 0.15) is 6.42 Å². The van der Waals surface area contributed by atoms with Crippen LogP contribution in [0.25, 0.3) is 0 Å². The van der Waals surface area contributed by atoms with Crippen molar-refractivity contribution in [1.29, 1.82) is 10.5 Å². The van der Waals surface area contributed by atoms with Crippen LogP contribution in [0.15, 0.2) is 30.0 Å². The van der Waals surface area contributed by atoms with Crippen molar-refractivity contribution in [2.45, 2.75) is 6.42 Å². The maximum atomic E-state index is 12.0. The first kappa shape index (κ1) is 17.5. The second-order valence-electron chi connectivity index (χ2n) is 4.13. The fourth-order valence-electron chi connectivity index (χ4n) is 1.54. The van der Waals surface area contributed by atoms with Gasteiger partial charge in [0.15, 0.2) is 0 Å². The Morgan fingerprint density at radius 2 is 2.22 bits per heavy atom. The van der Waals surface area contributed by atoms with Crippen LogP contribution in [0.2, 0.25) is 0 Å². The molecule has 0 spiro atoms. The van der Waals surface area contributed by atoms with E-state index in [-0.39, 0.29) is 29.1 Å². The highest BCUT2D eigenvalue weighted by atomic mass is 16.6. The number of methoxy groups -OCH3 is 1. The number of amides is 1. The number of hydrogen-bond donors (Lipinski definition) is 2. The lowest BCUT2D eigenvalue weighted by molar-refractivity contribution is -0.384. The van der Waals surface area contributed by atoms with Gasteiger partial charge in [-0.3, -0.25) is 14.9 Å². The average Bonchev–Trinajstić information content (AvgIpc) is 2.55. The fraction of sp³-hybridized carbons (Fsp3) is 0.214. The standard InChI is InChI=1S/C14H13N5O4/c1-23-13-7-11(19(21)22)3-4-12(13)18-14(20)10(8-16)9-17-6-2-5-15/h3-4,7,9,17H,2,6H2,1H3,(H,18,20)/b10-9-. The molecule has 9 nitrogen and oxygen atoms in total. The zero-order valence-corrected chi connectivity index (χ0v) is 12.2. The van der Waals surface area contributed by atoms with Crippen LogP contribution in [-0.2, 0) is 4.79 Å². The summed E-state index contributed by atoms with van der Waals surface area (Å²) >= 11 is 0. The molecule has 0 aliphatic rings. The highest BCUT2D eigenvalue weighted by Crippen LogP contribution is 2.29. The Labute approximate surface area is 131 Å². The van der Waals surface area contributed by atoms with E-state index in [1.807, 2.05) is 6.07 Å². The number of non-ortho nitro benzene ring substituents is 1. The summed E-state index contributed by atoms with van der Waals surface area (Å²) in [5.41, 5.74) is -0.196. The third-order valence-corrected chi connectivity index (χ3v) is 2.64. The third kappa shape index (κ3) is 5.02. The average molecular weight is 315 g/mol. The minimum absolute atomic E-state index is 0.0993. The van der Waals surface area contributed by atoms with Crippen molar-refractivity contribution in [2.24, 2.45) is 0 Å². The molecular weight excluding hydrogens is 302 g/mol. The van der Waals surface area contributed by atoms with Crippen LogP contribution in [0, 0.1) is 32.8 Å². The molecule has 0 bridgehead atoms. The van der Waals surface area contributed by atoms with E-state index < -0.39 is 10.8 Å². The number of nitrogens with zero attached hydrogens (tertiary/aromatic N) is 3. The van der Waals surface area contributed by atoms with Crippen LogP contribution in [0.4, 0.5) is 11.4 Å². The van der Waals surface area contributed by atoms with E-state index >= 15 is 0 Å². The number of nitriles is 2. The highest BCUT2D eigenvalue weighted by Gasteiger charge is 2.15. The molecular formula is C14H13N5O4. The van der Waals surface area contributed by atoms with Gasteiger partial charge in [-0.15, -0.1) is 0 Å². The van der Waals surface area contributed by atoms with Crippen molar-refractivity contribution in [1.82, 2.24) is 5.32 Å². The number of hydrogen-bond acceptors (Lipinski definition) is 7. The molecule has 2 N–H and O–H groups in total. The second-order valence-corrected chi connectivity index (χ2v) is 4.13. The molecule has 23 heavy (non-hydrogen) atoms. The number of carbonyl (C=O) groups is 1. The van der Waals surface area contributed by atoms with Gasteiger partial charge in [0.2, 0.25) is 0 Å². The molecule has 0 atom stereocenters. The van der Waals surface area contributed by atoms with E-state index in [1.165, 1.54) is 25.4 Å². The molecule has 9 heteroatoms. The fourth-order valence-corrected chi connectivity index (χ4v) is 1.54. The van der Waals surface area contributed by atoms with E-state index in [0.717, 1.165) is 6.07 Å². The summed E-state index contributed by atoms with van der Waals surface area (Å²) < 4.78 is 4.99. The summed E-state index contributed by atoms with van der Waals surface area (Å²) in [5.74, 6) is -0.605. The maximum absolute atomic E-state index is 12.0. The maximum Gasteiger partial charge on any atom is 0.273 e. The first-order valence-electron chi connectivity index (χ1n) is 6.37. The van der Waals surface area contributed by atoms with Gasteiger partial charge in [-0.25, -0.2) is 0 Å². The van der Waals surface area contributed by atoms with Crippen molar-refractivity contribution >= 4 is 17.3 Å². The number of anilines is 1. The molecule has 0 aliphatic carbocycles. The van der Waals surface area contributed by atoms with Gasteiger partial charge < -0.3 is 15.4 Å². The topological polar surface area (TPSA) is 141 Å². The quantitative estimate of drug-likeness (QED) is 0.255. The molecule has 0 radical (unpaired) electrons. The molecule has 1 rings (SSSR count). The third-order valence-electron chi connectivity index (χ3n) is 2.64. The molecule has 1 amide bonds.